The number of nitrogens with zero attached hydrogens (tertiary/aromatic N) is 3. The molecule has 3 aromatic carbocycles. The molecule has 9 nitrogen and oxygen atoms in total. The van der Waals surface area contributed by atoms with Crippen molar-refractivity contribution in [3.63, 3.8) is 0 Å². The maximum Gasteiger partial charge on any atom is 0.198 e. The Balaban J connectivity index is 1.18. The predicted octanol–water partition coefficient (Wildman–Crippen LogP) is 5.89. The van der Waals surface area contributed by atoms with Gasteiger partial charge in [-0.25, -0.2) is 4.39 Å². The number of ether oxygens (including phenoxy) is 1. The van der Waals surface area contributed by atoms with Crippen molar-refractivity contribution in [2.75, 3.05) is 64.7 Å². The van der Waals surface area contributed by atoms with E-state index >= 15 is 4.39 Å². The smallest absolute Gasteiger partial charge is 0.198 e. The number of benzene rings is 3. The van der Waals surface area contributed by atoms with E-state index in [0.29, 0.717) is 58.7 Å². The van der Waals surface area contributed by atoms with E-state index in [9.17, 15) is 4.79 Å². The molecule has 0 radical (unpaired) electrons. The molecule has 0 saturated carbocycles. The first-order valence-corrected chi connectivity index (χ1v) is 16.8. The zero-order chi connectivity index (χ0) is 32.1. The van der Waals surface area contributed by atoms with Crippen molar-refractivity contribution >= 4 is 44.2 Å². The van der Waals surface area contributed by atoms with E-state index in [1.807, 2.05) is 47.2 Å². The van der Waals surface area contributed by atoms with Gasteiger partial charge in [0, 0.05) is 74.0 Å². The quantitative estimate of drug-likeness (QED) is 0.161. The largest absolute Gasteiger partial charge is 0.456 e. The Kier molecular flexibility index (Phi) is 7.87. The highest BCUT2D eigenvalue weighted by atomic mass is 19.1. The lowest BCUT2D eigenvalue weighted by atomic mass is 10.0. The van der Waals surface area contributed by atoms with Gasteiger partial charge in [-0.3, -0.25) is 4.79 Å². The summed E-state index contributed by atoms with van der Waals surface area (Å²) in [6.07, 6.45) is 5.94. The molecule has 5 aromatic rings. The second kappa shape index (κ2) is 12.3. The van der Waals surface area contributed by atoms with Gasteiger partial charge >= 0.3 is 0 Å². The molecule has 1 unspecified atom stereocenters. The van der Waals surface area contributed by atoms with Crippen LogP contribution in [0.5, 0.6) is 11.5 Å². The van der Waals surface area contributed by atoms with Gasteiger partial charge in [-0.2, -0.15) is 0 Å². The summed E-state index contributed by atoms with van der Waals surface area (Å²) in [7, 11) is 2.14. The van der Waals surface area contributed by atoms with Crippen LogP contribution in [0.2, 0.25) is 0 Å². The number of piperazine rings is 1. The number of likely N-dealkylation sites (tertiary alicyclic amines) is 1. The van der Waals surface area contributed by atoms with Crippen LogP contribution in [0.1, 0.15) is 31.2 Å². The van der Waals surface area contributed by atoms with Gasteiger partial charge in [-0.05, 0) is 64.0 Å². The lowest BCUT2D eigenvalue weighted by molar-refractivity contribution is 0.239. The summed E-state index contributed by atoms with van der Waals surface area (Å²) in [6.45, 7) is 11.7. The molecule has 10 heteroatoms. The molecule has 8 rings (SSSR count). The SMILES string of the molecule is C=C(NCCCN1CCNCC1)c1cn2c3c(c(NCCC4CCCN4C)c(F)cc3c1=O)Oc1cc3c(cc1-2)oc1ccccc13. The summed E-state index contributed by atoms with van der Waals surface area (Å²) >= 11 is 0. The molecule has 2 saturated heterocycles. The van der Waals surface area contributed by atoms with E-state index in [2.05, 4.69) is 39.4 Å². The van der Waals surface area contributed by atoms with Crippen molar-refractivity contribution in [1.29, 1.82) is 0 Å². The first-order valence-electron chi connectivity index (χ1n) is 16.8. The van der Waals surface area contributed by atoms with Crippen LogP contribution >= 0.6 is 0 Å². The minimum absolute atomic E-state index is 0.246. The number of hydrogen-bond donors (Lipinski definition) is 3. The molecule has 5 heterocycles. The van der Waals surface area contributed by atoms with E-state index in [-0.39, 0.29) is 16.5 Å². The molecule has 3 aliphatic rings. The topological polar surface area (TPSA) is 86.9 Å². The van der Waals surface area contributed by atoms with Crippen LogP contribution in [0.15, 0.2) is 64.5 Å². The number of anilines is 1. The second-order valence-electron chi connectivity index (χ2n) is 13.1. The Bertz CT molecular complexity index is 2060. The van der Waals surface area contributed by atoms with E-state index in [4.69, 9.17) is 9.15 Å². The van der Waals surface area contributed by atoms with E-state index in [1.54, 1.807) is 0 Å². The van der Waals surface area contributed by atoms with Crippen molar-refractivity contribution in [3.8, 4) is 17.2 Å². The Labute approximate surface area is 272 Å². The average molecular weight is 637 g/mol. The minimum Gasteiger partial charge on any atom is -0.456 e. The zero-order valence-electron chi connectivity index (χ0n) is 26.8. The maximum absolute atomic E-state index is 16.1. The lowest BCUT2D eigenvalue weighted by Crippen LogP contribution is -2.44. The van der Waals surface area contributed by atoms with Crippen molar-refractivity contribution in [2.24, 2.45) is 0 Å². The Morgan fingerprint density at radius 2 is 1.91 bits per heavy atom. The summed E-state index contributed by atoms with van der Waals surface area (Å²) in [4.78, 5) is 18.8. The van der Waals surface area contributed by atoms with Crippen molar-refractivity contribution in [1.82, 2.24) is 25.0 Å². The number of aromatic nitrogens is 1. The molecule has 1 atom stereocenters. The summed E-state index contributed by atoms with van der Waals surface area (Å²) in [5.41, 5.74) is 3.62. The van der Waals surface area contributed by atoms with Crippen LogP contribution in [0.3, 0.4) is 0 Å². The normalized spacial score (nSPS) is 18.1. The monoisotopic (exact) mass is 636 g/mol. The van der Waals surface area contributed by atoms with Gasteiger partial charge in [0.15, 0.2) is 22.7 Å². The lowest BCUT2D eigenvalue weighted by Gasteiger charge is -2.27. The van der Waals surface area contributed by atoms with Crippen LogP contribution in [-0.4, -0.2) is 79.8 Å². The fraction of sp³-hybridized carbons (Fsp3) is 0.378. The van der Waals surface area contributed by atoms with Gasteiger partial charge in [0.2, 0.25) is 0 Å². The first kappa shape index (κ1) is 30.0. The minimum atomic E-state index is -0.513. The number of hydrogen-bond acceptors (Lipinski definition) is 8. The third kappa shape index (κ3) is 5.44. The van der Waals surface area contributed by atoms with Crippen molar-refractivity contribution < 1.29 is 13.5 Å². The first-order chi connectivity index (χ1) is 23.0. The molecule has 0 amide bonds. The molecule has 0 bridgehead atoms. The number of para-hydroxylation sites is 1. The van der Waals surface area contributed by atoms with Crippen LogP contribution in [0, 0.1) is 5.82 Å². The van der Waals surface area contributed by atoms with E-state index < -0.39 is 5.82 Å². The summed E-state index contributed by atoms with van der Waals surface area (Å²) in [6, 6.07) is 13.6. The standard InChI is InChI=1S/C37H41FN6O3/c1-23(40-11-6-16-43-17-13-39-14-18-43)28-22-44-30-21-32-26(25-8-3-4-9-31(25)46-32)20-33(30)47-37-34(29(38)19-27(35(37)44)36(28)45)41-12-10-24-7-5-15-42(24)2/h3-4,8-9,19-22,24,39-41H,1,5-7,10-18H2,2H3. The fourth-order valence-electron chi connectivity index (χ4n) is 7.50. The van der Waals surface area contributed by atoms with Gasteiger partial charge in [0.05, 0.1) is 16.6 Å². The molecule has 2 fully saturated rings. The summed E-state index contributed by atoms with van der Waals surface area (Å²) < 4.78 is 30.8. The third-order valence-corrected chi connectivity index (χ3v) is 10.1. The predicted molar refractivity (Wildman–Crippen MR) is 187 cm³/mol. The molecule has 244 valence electrons. The second-order valence-corrected chi connectivity index (χ2v) is 13.1. The molecule has 2 aromatic heterocycles. The number of fused-ring (bicyclic) bond motifs is 5. The highest BCUT2D eigenvalue weighted by Crippen LogP contribution is 2.47. The third-order valence-electron chi connectivity index (χ3n) is 10.1. The zero-order valence-corrected chi connectivity index (χ0v) is 26.8. The van der Waals surface area contributed by atoms with Gasteiger partial charge in [-0.15, -0.1) is 0 Å². The molecule has 0 spiro atoms. The van der Waals surface area contributed by atoms with Crippen LogP contribution < -0.4 is 26.1 Å². The number of rotatable bonds is 10. The Morgan fingerprint density at radius 1 is 1.06 bits per heavy atom. The Hall–Kier alpha value is -4.38. The van der Waals surface area contributed by atoms with Crippen LogP contribution in [0.25, 0.3) is 44.2 Å². The van der Waals surface area contributed by atoms with Gasteiger partial charge in [-0.1, -0.05) is 24.8 Å². The Morgan fingerprint density at radius 3 is 2.74 bits per heavy atom. The summed E-state index contributed by atoms with van der Waals surface area (Å²) in [5, 5.41) is 12.2. The van der Waals surface area contributed by atoms with Crippen molar-refractivity contribution in [3.05, 3.63) is 76.8 Å². The van der Waals surface area contributed by atoms with E-state index in [0.717, 1.165) is 74.9 Å². The van der Waals surface area contributed by atoms with Crippen LogP contribution in [0.4, 0.5) is 10.1 Å². The fourth-order valence-corrected chi connectivity index (χ4v) is 7.50. The molecule has 47 heavy (non-hydrogen) atoms. The van der Waals surface area contributed by atoms with Gasteiger partial charge in [0.1, 0.15) is 22.4 Å². The molecular weight excluding hydrogens is 595 g/mol. The van der Waals surface area contributed by atoms with Crippen molar-refractivity contribution in [2.45, 2.75) is 31.7 Å². The average Bonchev–Trinajstić information content (AvgIpc) is 3.66. The molecular formula is C37H41FN6O3. The van der Waals surface area contributed by atoms with E-state index in [1.165, 1.54) is 12.5 Å². The highest BCUT2D eigenvalue weighted by molar-refractivity contribution is 6.07. The molecule has 3 N–H and O–H groups in total. The molecule has 0 aliphatic carbocycles. The van der Waals surface area contributed by atoms with Crippen LogP contribution in [-0.2, 0) is 0 Å². The van der Waals surface area contributed by atoms with Gasteiger partial charge < -0.3 is 39.5 Å². The number of pyridine rings is 1. The summed E-state index contributed by atoms with van der Waals surface area (Å²) in [5.74, 6) is 0.366. The highest BCUT2D eigenvalue weighted by Gasteiger charge is 2.29. The maximum atomic E-state index is 16.1. The molecule has 3 aliphatic heterocycles. The number of halogens is 1. The van der Waals surface area contributed by atoms with Gasteiger partial charge in [0.25, 0.3) is 0 Å². The number of nitrogens with one attached hydrogen (secondary N) is 3. The number of furan rings is 1.